The maximum atomic E-state index is 13.7. The molecule has 1 saturated carbocycles. The van der Waals surface area contributed by atoms with E-state index in [1.807, 2.05) is 33.0 Å². The third-order valence-corrected chi connectivity index (χ3v) is 11.7. The van der Waals surface area contributed by atoms with Gasteiger partial charge in [0.15, 0.2) is 5.78 Å². The van der Waals surface area contributed by atoms with E-state index >= 15 is 0 Å². The van der Waals surface area contributed by atoms with Crippen LogP contribution in [0.4, 0.5) is 4.79 Å². The third kappa shape index (κ3) is 7.14. The number of benzene rings is 2. The summed E-state index contributed by atoms with van der Waals surface area (Å²) in [7, 11) is 1.30. The predicted octanol–water partition coefficient (Wildman–Crippen LogP) is 7.70. The summed E-state index contributed by atoms with van der Waals surface area (Å²) >= 11 is 0. The van der Waals surface area contributed by atoms with Crippen LogP contribution < -0.4 is 5.32 Å². The second-order valence-corrected chi connectivity index (χ2v) is 16.0. The van der Waals surface area contributed by atoms with Gasteiger partial charge in [-0.05, 0) is 85.3 Å². The number of methoxy groups -OCH3 is 1. The summed E-state index contributed by atoms with van der Waals surface area (Å²) in [4.78, 5) is 57.7. The first-order valence-electron chi connectivity index (χ1n) is 19.0. The van der Waals surface area contributed by atoms with Gasteiger partial charge in [-0.2, -0.15) is 0 Å². The van der Waals surface area contributed by atoms with Crippen LogP contribution in [0.25, 0.3) is 22.0 Å². The molecule has 3 heterocycles. The summed E-state index contributed by atoms with van der Waals surface area (Å²) in [5.41, 5.74) is 4.65. The summed E-state index contributed by atoms with van der Waals surface area (Å²) < 4.78 is 4.77. The number of nitrogens with zero attached hydrogens (tertiary/aromatic N) is 3. The van der Waals surface area contributed by atoms with Crippen LogP contribution >= 0.6 is 0 Å². The van der Waals surface area contributed by atoms with E-state index in [2.05, 4.69) is 94.2 Å². The number of ketones is 1. The van der Waals surface area contributed by atoms with Crippen molar-refractivity contribution >= 4 is 28.6 Å². The van der Waals surface area contributed by atoms with Crippen molar-refractivity contribution in [1.82, 2.24) is 30.2 Å². The van der Waals surface area contributed by atoms with E-state index in [9.17, 15) is 14.4 Å². The standard InChI is InChI=1S/C43H50N6O4/c1-23(2)26(6)42(51)49-33-15-13-31(20-33)38(49)41-45-22-36(47-41)30-12-11-28-18-27(8-10-29(28)19-30)9-14-32-21-44-40(46-32)35-17-25(5)16-34(35)39(50)37(24(3)4)48-43(52)53-7/h8,10-12,17-19,21-24,26,31,33-35,37-38H,13,15-16,20H2,1-7H3,(H,44,46)(H,45,47)(H,48,52)/t26-,31+,33-,34?,35?,37?,38-/m0/s1. The molecule has 2 aromatic carbocycles. The molecule has 0 spiro atoms. The van der Waals surface area contributed by atoms with Crippen LogP contribution in [0.2, 0.25) is 0 Å². The summed E-state index contributed by atoms with van der Waals surface area (Å²) in [5, 5.41) is 4.89. The number of amides is 2. The van der Waals surface area contributed by atoms with Crippen molar-refractivity contribution in [2.75, 3.05) is 7.11 Å². The van der Waals surface area contributed by atoms with Crippen LogP contribution in [0, 0.1) is 41.4 Å². The summed E-state index contributed by atoms with van der Waals surface area (Å²) in [6.45, 7) is 12.1. The van der Waals surface area contributed by atoms with Gasteiger partial charge in [-0.1, -0.05) is 70.4 Å². The molecule has 2 fully saturated rings. The Morgan fingerprint density at radius 2 is 1.68 bits per heavy atom. The van der Waals surface area contributed by atoms with Crippen LogP contribution in [0.1, 0.15) is 102 Å². The van der Waals surface area contributed by atoms with Crippen molar-refractivity contribution in [1.29, 1.82) is 0 Å². The van der Waals surface area contributed by atoms with Crippen LogP contribution in [0.5, 0.6) is 0 Å². The minimum absolute atomic E-state index is 0.0103. The number of Topliss-reactive ketones (excluding diaryl/α,β-unsaturated/α-hetero) is 1. The fourth-order valence-corrected chi connectivity index (χ4v) is 8.51. The zero-order chi connectivity index (χ0) is 37.6. The first kappa shape index (κ1) is 36.2. The number of fused-ring (bicyclic) bond motifs is 3. The number of carbonyl (C=O) groups is 3. The number of hydrogen-bond donors (Lipinski definition) is 3. The zero-order valence-corrected chi connectivity index (χ0v) is 31.7. The average Bonchev–Trinajstić information content (AvgIpc) is 4.00. The smallest absolute Gasteiger partial charge is 0.407 e. The number of carbonyl (C=O) groups excluding carboxylic acids is 3. The highest BCUT2D eigenvalue weighted by Crippen LogP contribution is 2.50. The number of alkyl carbamates (subject to hydrolysis) is 1. The van der Waals surface area contributed by atoms with Crippen LogP contribution in [0.3, 0.4) is 0 Å². The van der Waals surface area contributed by atoms with Gasteiger partial charge >= 0.3 is 6.09 Å². The molecular formula is C43H50N6O4. The van der Waals surface area contributed by atoms with Gasteiger partial charge in [0.05, 0.1) is 37.3 Å². The van der Waals surface area contributed by atoms with E-state index in [1.54, 1.807) is 6.20 Å². The lowest BCUT2D eigenvalue weighted by Gasteiger charge is -2.36. The van der Waals surface area contributed by atoms with Crippen LogP contribution in [0.15, 0.2) is 60.4 Å². The molecule has 7 rings (SSSR count). The minimum atomic E-state index is -0.655. The first-order valence-corrected chi connectivity index (χ1v) is 19.0. The topological polar surface area (TPSA) is 133 Å². The van der Waals surface area contributed by atoms with Crippen molar-refractivity contribution < 1.29 is 19.1 Å². The second-order valence-electron chi connectivity index (χ2n) is 16.0. The van der Waals surface area contributed by atoms with Crippen LogP contribution in [-0.2, 0) is 14.3 Å². The molecule has 2 amide bonds. The van der Waals surface area contributed by atoms with Gasteiger partial charge in [-0.15, -0.1) is 0 Å². The molecular weight excluding hydrogens is 665 g/mol. The van der Waals surface area contributed by atoms with E-state index in [0.717, 1.165) is 58.3 Å². The number of ether oxygens (including phenoxy) is 1. The normalized spacial score (nSPS) is 23.2. The van der Waals surface area contributed by atoms with Gasteiger partial charge in [0.2, 0.25) is 5.91 Å². The van der Waals surface area contributed by atoms with Crippen LogP contribution in [-0.4, -0.2) is 61.8 Å². The molecule has 10 nitrogen and oxygen atoms in total. The van der Waals surface area contributed by atoms with Gasteiger partial charge in [-0.25, -0.2) is 14.8 Å². The SMILES string of the molecule is COC(=O)NC(C(=O)C1CC(C)=CC1c1ncc(C#Cc2ccc3cc(-c4cnc([C@@H]5[C@@H]6CC[C@@H](C6)N5C(=O)[C@@H](C)C(C)C)[nH]4)ccc3c2)[nH]1)C(C)C. The largest absolute Gasteiger partial charge is 0.453 e. The Labute approximate surface area is 311 Å². The number of H-pyrrole nitrogens is 2. The van der Waals surface area contributed by atoms with Gasteiger partial charge in [0.1, 0.15) is 17.3 Å². The Morgan fingerprint density at radius 1 is 0.925 bits per heavy atom. The Kier molecular flexibility index (Phi) is 10.0. The predicted molar refractivity (Wildman–Crippen MR) is 205 cm³/mol. The molecule has 3 unspecified atom stereocenters. The summed E-state index contributed by atoms with van der Waals surface area (Å²) in [6, 6.07) is 12.2. The molecule has 10 heteroatoms. The molecule has 2 aliphatic carbocycles. The van der Waals surface area contributed by atoms with Crippen molar-refractivity contribution in [2.24, 2.45) is 29.6 Å². The molecule has 0 radical (unpaired) electrons. The van der Waals surface area contributed by atoms with Crippen molar-refractivity contribution in [3.8, 4) is 23.1 Å². The molecule has 7 atom stereocenters. The molecule has 1 aliphatic heterocycles. The maximum absolute atomic E-state index is 13.7. The highest BCUT2D eigenvalue weighted by atomic mass is 16.5. The number of allylic oxidation sites excluding steroid dienone is 2. The lowest BCUT2D eigenvalue weighted by molar-refractivity contribution is -0.141. The van der Waals surface area contributed by atoms with E-state index in [-0.39, 0.29) is 41.4 Å². The number of nitrogens with one attached hydrogen (secondary N) is 3. The molecule has 2 bridgehead atoms. The Bertz CT molecular complexity index is 2130. The number of piperidine rings is 1. The number of hydrogen-bond acceptors (Lipinski definition) is 6. The van der Waals surface area contributed by atoms with E-state index in [1.165, 1.54) is 7.11 Å². The van der Waals surface area contributed by atoms with Crippen molar-refractivity contribution in [3.05, 3.63) is 83.3 Å². The van der Waals surface area contributed by atoms with Gasteiger partial charge < -0.3 is 24.9 Å². The minimum Gasteiger partial charge on any atom is -0.453 e. The van der Waals surface area contributed by atoms with E-state index in [0.29, 0.717) is 35.8 Å². The quantitative estimate of drug-likeness (QED) is 0.120. The first-order chi connectivity index (χ1) is 25.4. The molecule has 4 aromatic rings. The monoisotopic (exact) mass is 714 g/mol. The average molecular weight is 715 g/mol. The Balaban J connectivity index is 1.05. The maximum Gasteiger partial charge on any atom is 0.407 e. The molecule has 53 heavy (non-hydrogen) atoms. The Hall–Kier alpha value is -5.17. The molecule has 1 saturated heterocycles. The van der Waals surface area contributed by atoms with Gasteiger partial charge in [-0.3, -0.25) is 9.59 Å². The third-order valence-electron chi connectivity index (χ3n) is 11.7. The van der Waals surface area contributed by atoms with Crippen molar-refractivity contribution in [3.63, 3.8) is 0 Å². The fraction of sp³-hybridized carbons (Fsp3) is 0.465. The molecule has 276 valence electrons. The highest BCUT2D eigenvalue weighted by molar-refractivity contribution is 5.91. The Morgan fingerprint density at radius 3 is 2.43 bits per heavy atom. The number of likely N-dealkylation sites (tertiary alicyclic amines) is 1. The fourth-order valence-electron chi connectivity index (χ4n) is 8.51. The number of aromatic nitrogens is 4. The number of aromatic amines is 2. The zero-order valence-electron chi connectivity index (χ0n) is 31.7. The lowest BCUT2D eigenvalue weighted by Crippen LogP contribution is -2.47. The number of imidazole rings is 2. The second kappa shape index (κ2) is 14.7. The van der Waals surface area contributed by atoms with E-state index < -0.39 is 12.1 Å². The lowest BCUT2D eigenvalue weighted by atomic mass is 9.83. The van der Waals surface area contributed by atoms with Gasteiger partial charge in [0, 0.05) is 34.9 Å². The van der Waals surface area contributed by atoms with E-state index in [4.69, 9.17) is 9.72 Å². The number of rotatable bonds is 9. The molecule has 3 aliphatic rings. The summed E-state index contributed by atoms with van der Waals surface area (Å²) in [6.07, 6.45) is 8.98. The highest BCUT2D eigenvalue weighted by Gasteiger charge is 2.50. The molecule has 2 aromatic heterocycles. The summed E-state index contributed by atoms with van der Waals surface area (Å²) in [5.74, 6) is 8.35. The van der Waals surface area contributed by atoms with Crippen molar-refractivity contribution in [2.45, 2.75) is 91.3 Å². The molecule has 3 N–H and O–H groups in total. The van der Waals surface area contributed by atoms with Gasteiger partial charge in [0.25, 0.3) is 0 Å².